The fourth-order valence-corrected chi connectivity index (χ4v) is 10.5. The van der Waals surface area contributed by atoms with Crippen molar-refractivity contribution >= 4 is 21.9 Å². The molecule has 17 nitrogen and oxygen atoms in total. The number of hydrogen-bond donors (Lipinski definition) is 5. The van der Waals surface area contributed by atoms with Crippen molar-refractivity contribution < 1.29 is 76.1 Å². The fraction of sp³-hybridized carbons (Fsp3) is 0.822. The Morgan fingerprint density at radius 1 is 0.889 bits per heavy atom. The third-order valence-electron chi connectivity index (χ3n) is 13.7. The summed E-state index contributed by atoms with van der Waals surface area (Å²) >= 11 is 0. The van der Waals surface area contributed by atoms with Crippen LogP contribution in [-0.2, 0) is 52.3 Å². The molecule has 1 aromatic carbocycles. The number of rotatable bonds is 12. The van der Waals surface area contributed by atoms with Gasteiger partial charge in [0.2, 0.25) is 0 Å². The summed E-state index contributed by atoms with van der Waals surface area (Å²) in [7, 11) is -0.883. The van der Waals surface area contributed by atoms with Crippen LogP contribution in [0.3, 0.4) is 0 Å². The van der Waals surface area contributed by atoms with Crippen molar-refractivity contribution in [1.82, 2.24) is 4.90 Å². The number of likely N-dealkylation sites (N-methyl/N-ethyl adjacent to an activating group) is 1. The van der Waals surface area contributed by atoms with Crippen LogP contribution in [-0.4, -0.2) is 162 Å². The maximum Gasteiger partial charge on any atom is 0.311 e. The van der Waals surface area contributed by atoms with Crippen molar-refractivity contribution in [3.63, 3.8) is 0 Å². The molecule has 362 valence electrons. The van der Waals surface area contributed by atoms with E-state index in [1.165, 1.54) is 40.0 Å². The summed E-state index contributed by atoms with van der Waals surface area (Å²) in [5.74, 6) is -5.43. The molecule has 63 heavy (non-hydrogen) atoms. The highest BCUT2D eigenvalue weighted by atomic mass is 32.2. The largest absolute Gasteiger partial charge is 0.459 e. The quantitative estimate of drug-likeness (QED) is 0.150. The summed E-state index contributed by atoms with van der Waals surface area (Å²) in [4.78, 5) is 30.0. The zero-order chi connectivity index (χ0) is 47.6. The second-order valence-electron chi connectivity index (χ2n) is 19.1. The smallest absolute Gasteiger partial charge is 0.311 e. The number of ether oxygens (including phenoxy) is 6. The standard InChI is InChI=1S/C45H75NO16S/c1-14-33-45(11,53)38(49)27(5)35(47)25(3)22-43(9,52)40(28(6)37(29(7)41(51)60-33)61-34-23-44(10,56-13)39(50)30(8)59-34)62-42-36(48)32(21-26(4)58-42)46(12)19-20-57-63(54,55)31-17-15-24(2)16-18-31/h15-18,25-30,32-34,36-40,42,48-50,52-53H,14,19-23H2,1-13H3/t25-,26-,27+,28+,29-,30+,32+,33-,34+,36-,37+,38-,39+,40-,42+,43-,44-,45-/m1/s1. The van der Waals surface area contributed by atoms with Gasteiger partial charge in [0, 0.05) is 43.9 Å². The highest BCUT2D eigenvalue weighted by molar-refractivity contribution is 7.86. The zero-order valence-electron chi connectivity index (χ0n) is 39.3. The molecule has 1 aromatic rings. The number of cyclic esters (lactones) is 1. The van der Waals surface area contributed by atoms with Gasteiger partial charge in [-0.1, -0.05) is 45.4 Å². The minimum atomic E-state index is -4.05. The first-order chi connectivity index (χ1) is 29.1. The fourth-order valence-electron chi connectivity index (χ4n) is 9.56. The summed E-state index contributed by atoms with van der Waals surface area (Å²) in [5.41, 5.74) is -4.18. The number of carbonyl (C=O) groups excluding carboxylic acids is 2. The number of methoxy groups -OCH3 is 1. The molecule has 0 bridgehead atoms. The van der Waals surface area contributed by atoms with Crippen molar-refractivity contribution in [2.75, 3.05) is 27.3 Å². The Bertz CT molecular complexity index is 1780. The van der Waals surface area contributed by atoms with Crippen LogP contribution in [0.15, 0.2) is 29.2 Å². The Morgan fingerprint density at radius 2 is 1.51 bits per heavy atom. The Labute approximate surface area is 373 Å². The lowest BCUT2D eigenvalue weighted by Gasteiger charge is -2.49. The van der Waals surface area contributed by atoms with Crippen molar-refractivity contribution in [3.05, 3.63) is 29.8 Å². The maximum absolute atomic E-state index is 14.3. The minimum Gasteiger partial charge on any atom is -0.459 e. The van der Waals surface area contributed by atoms with E-state index in [2.05, 4.69) is 0 Å². The Morgan fingerprint density at radius 3 is 2.10 bits per heavy atom. The lowest BCUT2D eigenvalue weighted by Crippen LogP contribution is -2.61. The van der Waals surface area contributed by atoms with Crippen LogP contribution in [0.25, 0.3) is 0 Å². The summed E-state index contributed by atoms with van der Waals surface area (Å²) in [6.45, 7) is 17.7. The van der Waals surface area contributed by atoms with Gasteiger partial charge in [-0.15, -0.1) is 0 Å². The molecule has 3 saturated heterocycles. The van der Waals surface area contributed by atoms with Crippen molar-refractivity contribution in [3.8, 4) is 0 Å². The summed E-state index contributed by atoms with van der Waals surface area (Å²) in [5, 5.41) is 58.7. The van der Waals surface area contributed by atoms with Crippen LogP contribution in [0.4, 0.5) is 0 Å². The first-order valence-corrected chi connectivity index (χ1v) is 23.6. The average molecular weight is 918 g/mol. The van der Waals surface area contributed by atoms with Crippen LogP contribution in [0.2, 0.25) is 0 Å². The molecule has 0 saturated carbocycles. The van der Waals surface area contributed by atoms with E-state index in [-0.39, 0.29) is 37.3 Å². The van der Waals surface area contributed by atoms with Gasteiger partial charge in [0.15, 0.2) is 12.6 Å². The number of benzene rings is 1. The lowest BCUT2D eigenvalue weighted by molar-refractivity contribution is -0.318. The van der Waals surface area contributed by atoms with Gasteiger partial charge in [0.05, 0.1) is 59.1 Å². The predicted molar refractivity (Wildman–Crippen MR) is 230 cm³/mol. The van der Waals surface area contributed by atoms with Crippen LogP contribution >= 0.6 is 0 Å². The number of ketones is 1. The third kappa shape index (κ3) is 12.2. The van der Waals surface area contributed by atoms with E-state index < -0.39 is 130 Å². The maximum atomic E-state index is 14.3. The Hall–Kier alpha value is -2.17. The summed E-state index contributed by atoms with van der Waals surface area (Å²) in [6, 6.07) is 5.65. The lowest BCUT2D eigenvalue weighted by atomic mass is 9.74. The van der Waals surface area contributed by atoms with E-state index in [4.69, 9.17) is 32.6 Å². The molecule has 18 heteroatoms. The van der Waals surface area contributed by atoms with Crippen LogP contribution in [0, 0.1) is 30.6 Å². The average Bonchev–Trinajstić information content (AvgIpc) is 3.21. The van der Waals surface area contributed by atoms with Gasteiger partial charge in [-0.05, 0) is 86.9 Å². The van der Waals surface area contributed by atoms with Crippen molar-refractivity contribution in [1.29, 1.82) is 0 Å². The number of aliphatic hydroxyl groups excluding tert-OH is 3. The SMILES string of the molecule is CC[C@H]1OC(=O)[C@H](C)[C@@H](O[C@H]2C[C@@](C)(OC)[C@@H](O)[C@H](C)O2)[C@H](C)[C@@H](O[C@@H]2O[C@H](C)C[C@H](N(C)CCOS(=O)(=O)c3ccc(C)cc3)[C@H]2O)[C@](C)(O)C[C@@H](C)C(=O)[C@H](C)[C@@H](O)[C@]1(C)O. The molecule has 3 aliphatic heterocycles. The summed E-state index contributed by atoms with van der Waals surface area (Å²) < 4.78 is 68.6. The molecule has 3 aliphatic rings. The molecule has 3 heterocycles. The van der Waals surface area contributed by atoms with Gasteiger partial charge < -0.3 is 54.0 Å². The molecule has 0 radical (unpaired) electrons. The molecule has 5 N–H and O–H groups in total. The number of nitrogens with zero attached hydrogens (tertiary/aromatic N) is 1. The van der Waals surface area contributed by atoms with Crippen LogP contribution < -0.4 is 0 Å². The highest BCUT2D eigenvalue weighted by Gasteiger charge is 2.53. The number of Topliss-reactive ketones (excluding diaryl/α,β-unsaturated/α-hetero) is 1. The normalized spacial score (nSPS) is 42.7. The molecule has 3 fully saturated rings. The second-order valence-corrected chi connectivity index (χ2v) is 20.7. The second kappa shape index (κ2) is 21.2. The number of aryl methyl sites for hydroxylation is 1. The van der Waals surface area contributed by atoms with Gasteiger partial charge in [0.1, 0.15) is 29.7 Å². The first-order valence-electron chi connectivity index (χ1n) is 22.2. The van der Waals surface area contributed by atoms with E-state index in [0.29, 0.717) is 6.42 Å². The minimum absolute atomic E-state index is 0.0201. The molecule has 0 unspecified atom stereocenters. The van der Waals surface area contributed by atoms with Gasteiger partial charge in [-0.25, -0.2) is 0 Å². The zero-order valence-corrected chi connectivity index (χ0v) is 40.1. The number of hydrogen-bond acceptors (Lipinski definition) is 17. The van der Waals surface area contributed by atoms with Crippen molar-refractivity contribution in [2.24, 2.45) is 23.7 Å². The Balaban J connectivity index is 1.72. The predicted octanol–water partition coefficient (Wildman–Crippen LogP) is 2.87. The number of carbonyl (C=O) groups is 2. The summed E-state index contributed by atoms with van der Waals surface area (Å²) in [6.07, 6.45) is -11.3. The molecule has 0 spiro atoms. The number of aliphatic hydroxyl groups is 5. The van der Waals surface area contributed by atoms with E-state index in [9.17, 15) is 43.5 Å². The Kier molecular flexibility index (Phi) is 18.0. The number of esters is 1. The van der Waals surface area contributed by atoms with Gasteiger partial charge in [-0.3, -0.25) is 18.7 Å². The molecule has 4 rings (SSSR count). The third-order valence-corrected chi connectivity index (χ3v) is 15.0. The van der Waals surface area contributed by atoms with E-state index in [1.807, 2.05) is 6.92 Å². The molecular weight excluding hydrogens is 843 g/mol. The molecule has 0 aromatic heterocycles. The molecule has 0 aliphatic carbocycles. The van der Waals surface area contributed by atoms with Gasteiger partial charge in [-0.2, -0.15) is 8.42 Å². The van der Waals surface area contributed by atoms with E-state index >= 15 is 0 Å². The van der Waals surface area contributed by atoms with Gasteiger partial charge >= 0.3 is 5.97 Å². The first kappa shape index (κ1) is 53.4. The topological polar surface area (TPSA) is 237 Å². The van der Waals surface area contributed by atoms with E-state index in [0.717, 1.165) is 5.56 Å². The molecular formula is C45H75NO16S. The monoisotopic (exact) mass is 917 g/mol. The van der Waals surface area contributed by atoms with Gasteiger partial charge in [0.25, 0.3) is 10.1 Å². The van der Waals surface area contributed by atoms with E-state index in [1.54, 1.807) is 72.5 Å². The van der Waals surface area contributed by atoms with Crippen LogP contribution in [0.5, 0.6) is 0 Å². The molecule has 18 atom stereocenters. The molecule has 0 amide bonds. The van der Waals surface area contributed by atoms with Crippen LogP contribution in [0.1, 0.15) is 100 Å². The highest BCUT2D eigenvalue weighted by Crippen LogP contribution is 2.41. The van der Waals surface area contributed by atoms with Crippen molar-refractivity contribution in [2.45, 2.75) is 191 Å².